The van der Waals surface area contributed by atoms with Crippen LogP contribution in [0.15, 0.2) is 24.3 Å². The Balaban J connectivity index is 1.35. The summed E-state index contributed by atoms with van der Waals surface area (Å²) in [6.07, 6.45) is 3.09. The first-order chi connectivity index (χ1) is 11.2. The number of rotatable bonds is 2. The van der Waals surface area contributed by atoms with Crippen molar-refractivity contribution in [1.82, 2.24) is 10.2 Å². The lowest BCUT2D eigenvalue weighted by Gasteiger charge is -2.38. The minimum Gasteiger partial charge on any atom is -0.370 e. The van der Waals surface area contributed by atoms with Crippen molar-refractivity contribution in [3.8, 4) is 0 Å². The predicted molar refractivity (Wildman–Crippen MR) is 92.9 cm³/mol. The fourth-order valence-electron chi connectivity index (χ4n) is 4.47. The van der Waals surface area contributed by atoms with Gasteiger partial charge < -0.3 is 10.2 Å². The van der Waals surface area contributed by atoms with Crippen molar-refractivity contribution >= 4 is 23.2 Å². The second-order valence-corrected chi connectivity index (χ2v) is 7.56. The van der Waals surface area contributed by atoms with Crippen molar-refractivity contribution in [2.75, 3.05) is 37.6 Å². The smallest absolute Gasteiger partial charge is 0.220 e. The van der Waals surface area contributed by atoms with Gasteiger partial charge in [0.1, 0.15) is 0 Å². The van der Waals surface area contributed by atoms with Crippen LogP contribution in [0.3, 0.4) is 0 Å². The van der Waals surface area contributed by atoms with Crippen LogP contribution in [-0.4, -0.2) is 49.6 Å². The number of benzene rings is 1. The molecule has 0 radical (unpaired) electrons. The molecule has 4 rings (SSSR count). The fraction of sp³-hybridized carbons (Fsp3) is 0.611. The van der Waals surface area contributed by atoms with Crippen LogP contribution in [0.4, 0.5) is 5.69 Å². The van der Waals surface area contributed by atoms with E-state index < -0.39 is 0 Å². The van der Waals surface area contributed by atoms with Crippen LogP contribution in [0.2, 0.25) is 5.02 Å². The van der Waals surface area contributed by atoms with Crippen molar-refractivity contribution in [2.45, 2.75) is 25.3 Å². The first-order valence-corrected chi connectivity index (χ1v) is 9.09. The van der Waals surface area contributed by atoms with Gasteiger partial charge >= 0.3 is 0 Å². The third-order valence-corrected chi connectivity index (χ3v) is 6.11. The van der Waals surface area contributed by atoms with Gasteiger partial charge in [0, 0.05) is 45.2 Å². The molecule has 3 fully saturated rings. The number of piperidine rings is 2. The van der Waals surface area contributed by atoms with Gasteiger partial charge in [-0.3, -0.25) is 9.69 Å². The highest BCUT2D eigenvalue weighted by Gasteiger charge is 2.40. The van der Waals surface area contributed by atoms with Gasteiger partial charge in [-0.05, 0) is 36.8 Å². The zero-order valence-electron chi connectivity index (χ0n) is 13.4. The monoisotopic (exact) mass is 333 g/mol. The van der Waals surface area contributed by atoms with E-state index in [2.05, 4.69) is 27.2 Å². The maximum Gasteiger partial charge on any atom is 0.220 e. The molecule has 23 heavy (non-hydrogen) atoms. The quantitative estimate of drug-likeness (QED) is 0.902. The van der Waals surface area contributed by atoms with Crippen molar-refractivity contribution < 1.29 is 4.79 Å². The molecule has 3 saturated heterocycles. The second kappa shape index (κ2) is 6.33. The van der Waals surface area contributed by atoms with Gasteiger partial charge in [-0.25, -0.2) is 0 Å². The molecule has 3 aliphatic heterocycles. The van der Waals surface area contributed by atoms with Crippen molar-refractivity contribution in [3.63, 3.8) is 0 Å². The first-order valence-electron chi connectivity index (χ1n) is 8.71. The molecule has 4 nitrogen and oxygen atoms in total. The highest BCUT2D eigenvalue weighted by Crippen LogP contribution is 2.34. The molecule has 5 heteroatoms. The van der Waals surface area contributed by atoms with E-state index in [1.165, 1.54) is 12.8 Å². The van der Waals surface area contributed by atoms with E-state index in [0.717, 1.165) is 49.9 Å². The average Bonchev–Trinajstić information content (AvgIpc) is 2.98. The van der Waals surface area contributed by atoms with Gasteiger partial charge in [0.2, 0.25) is 5.91 Å². The fourth-order valence-corrected chi connectivity index (χ4v) is 4.73. The molecule has 3 heterocycles. The van der Waals surface area contributed by atoms with Gasteiger partial charge in [-0.15, -0.1) is 0 Å². The number of nitrogens with one attached hydrogen (secondary N) is 1. The van der Waals surface area contributed by atoms with E-state index in [1.807, 2.05) is 12.1 Å². The summed E-state index contributed by atoms with van der Waals surface area (Å²) in [5, 5.41) is 3.87. The van der Waals surface area contributed by atoms with Gasteiger partial charge in [0.15, 0.2) is 0 Å². The summed E-state index contributed by atoms with van der Waals surface area (Å²) < 4.78 is 0. The Morgan fingerprint density at radius 3 is 2.61 bits per heavy atom. The summed E-state index contributed by atoms with van der Waals surface area (Å²) in [7, 11) is 0. The highest BCUT2D eigenvalue weighted by atomic mass is 35.5. The Kier molecular flexibility index (Phi) is 4.20. The van der Waals surface area contributed by atoms with Crippen molar-refractivity contribution in [2.24, 2.45) is 11.8 Å². The molecule has 0 spiro atoms. The van der Waals surface area contributed by atoms with E-state index in [0.29, 0.717) is 17.9 Å². The van der Waals surface area contributed by atoms with Gasteiger partial charge in [0.25, 0.3) is 0 Å². The zero-order valence-corrected chi connectivity index (χ0v) is 14.1. The first kappa shape index (κ1) is 15.3. The molecule has 0 bridgehead atoms. The van der Waals surface area contributed by atoms with E-state index in [1.54, 1.807) is 0 Å². The molecule has 3 aliphatic rings. The molecule has 1 amide bonds. The molecule has 0 aliphatic carbocycles. The number of hydrogen-bond acceptors (Lipinski definition) is 3. The number of likely N-dealkylation sites (tertiary alicyclic amines) is 1. The van der Waals surface area contributed by atoms with Crippen LogP contribution in [0.1, 0.15) is 19.3 Å². The number of nitrogens with zero attached hydrogens (tertiary/aromatic N) is 2. The van der Waals surface area contributed by atoms with Gasteiger partial charge in [-0.2, -0.15) is 0 Å². The van der Waals surface area contributed by atoms with Crippen LogP contribution in [0.25, 0.3) is 0 Å². The van der Waals surface area contributed by atoms with E-state index in [-0.39, 0.29) is 5.91 Å². The minimum absolute atomic E-state index is 0.238. The number of para-hydroxylation sites is 1. The van der Waals surface area contributed by atoms with E-state index in [4.69, 9.17) is 11.6 Å². The Morgan fingerprint density at radius 2 is 1.83 bits per heavy atom. The number of anilines is 1. The molecular formula is C18H24ClN3O. The third kappa shape index (κ3) is 3.07. The SMILES string of the molecule is O=C1C[C@@H]2CN(C3CCN(c4ccccc4Cl)CC3)C[C@@H]2CN1. The lowest BCUT2D eigenvalue weighted by Crippen LogP contribution is -2.44. The number of carbonyl (C=O) groups is 1. The molecule has 1 N–H and O–H groups in total. The molecule has 1 aromatic rings. The average molecular weight is 334 g/mol. The molecular weight excluding hydrogens is 310 g/mol. The number of fused-ring (bicyclic) bond motifs is 1. The zero-order chi connectivity index (χ0) is 15.8. The standard InChI is InChI=1S/C18H24ClN3O/c19-16-3-1-2-4-17(16)21-7-5-15(6-8-21)22-11-13-9-18(23)20-10-14(13)12-22/h1-4,13-15H,5-12H2,(H,20,23)/t13-,14+/m1/s1. The van der Waals surface area contributed by atoms with Gasteiger partial charge in [0.05, 0.1) is 10.7 Å². The summed E-state index contributed by atoms with van der Waals surface area (Å²) >= 11 is 6.33. The summed E-state index contributed by atoms with van der Waals surface area (Å²) in [4.78, 5) is 16.6. The second-order valence-electron chi connectivity index (χ2n) is 7.15. The van der Waals surface area contributed by atoms with Crippen LogP contribution >= 0.6 is 11.6 Å². The maximum absolute atomic E-state index is 11.6. The molecule has 0 aromatic heterocycles. The molecule has 0 unspecified atom stereocenters. The molecule has 2 atom stereocenters. The maximum atomic E-state index is 11.6. The van der Waals surface area contributed by atoms with Crippen molar-refractivity contribution in [1.29, 1.82) is 0 Å². The number of halogens is 1. The topological polar surface area (TPSA) is 35.6 Å². The summed E-state index contributed by atoms with van der Waals surface area (Å²) in [5.74, 6) is 1.47. The minimum atomic E-state index is 0.238. The largest absolute Gasteiger partial charge is 0.370 e. The summed E-state index contributed by atoms with van der Waals surface area (Å²) in [6, 6.07) is 8.79. The number of hydrogen-bond donors (Lipinski definition) is 1. The van der Waals surface area contributed by atoms with Crippen LogP contribution < -0.4 is 10.2 Å². The van der Waals surface area contributed by atoms with Gasteiger partial charge in [-0.1, -0.05) is 23.7 Å². The van der Waals surface area contributed by atoms with Crippen LogP contribution in [-0.2, 0) is 4.79 Å². The Hall–Kier alpha value is -1.26. The number of amides is 1. The molecule has 0 saturated carbocycles. The number of carbonyl (C=O) groups excluding carboxylic acids is 1. The van der Waals surface area contributed by atoms with E-state index >= 15 is 0 Å². The lowest BCUT2D eigenvalue weighted by molar-refractivity contribution is -0.124. The molecule has 1 aromatic carbocycles. The normalized spacial score (nSPS) is 29.4. The molecule has 124 valence electrons. The summed E-state index contributed by atoms with van der Waals surface area (Å²) in [5.41, 5.74) is 1.16. The Bertz CT molecular complexity index is 585. The predicted octanol–water partition coefficient (Wildman–Crippen LogP) is 2.38. The third-order valence-electron chi connectivity index (χ3n) is 5.79. The van der Waals surface area contributed by atoms with Crippen LogP contribution in [0.5, 0.6) is 0 Å². The highest BCUT2D eigenvalue weighted by molar-refractivity contribution is 6.33. The van der Waals surface area contributed by atoms with E-state index in [9.17, 15) is 4.79 Å². The van der Waals surface area contributed by atoms with Crippen LogP contribution in [0, 0.1) is 11.8 Å². The Labute approximate surface area is 142 Å². The summed E-state index contributed by atoms with van der Waals surface area (Å²) in [6.45, 7) is 5.27. The Morgan fingerprint density at radius 1 is 1.09 bits per heavy atom. The van der Waals surface area contributed by atoms with Crippen molar-refractivity contribution in [3.05, 3.63) is 29.3 Å². The lowest BCUT2D eigenvalue weighted by atomic mass is 9.89.